The summed E-state index contributed by atoms with van der Waals surface area (Å²) in [6.45, 7) is 0.423. The molecule has 0 atom stereocenters. The first kappa shape index (κ1) is 6.90. The molecule has 0 spiro atoms. The Bertz CT molecular complexity index is 363. The summed E-state index contributed by atoms with van der Waals surface area (Å²) in [4.78, 5) is 14.5. The molecule has 0 unspecified atom stereocenters. The highest BCUT2D eigenvalue weighted by atomic mass is 16.4. The molecule has 12 heavy (non-hydrogen) atoms. The fourth-order valence-electron chi connectivity index (χ4n) is 1.08. The van der Waals surface area contributed by atoms with Crippen LogP contribution in [0.3, 0.4) is 0 Å². The van der Waals surface area contributed by atoms with Gasteiger partial charge in [0, 0.05) is 11.8 Å². The van der Waals surface area contributed by atoms with Gasteiger partial charge in [-0.1, -0.05) is 0 Å². The van der Waals surface area contributed by atoms with Crippen molar-refractivity contribution in [3.63, 3.8) is 0 Å². The van der Waals surface area contributed by atoms with E-state index in [0.717, 1.165) is 5.57 Å². The van der Waals surface area contributed by atoms with E-state index in [0.29, 0.717) is 12.2 Å². The van der Waals surface area contributed by atoms with Crippen LogP contribution in [0.5, 0.6) is 0 Å². The molecule has 0 saturated heterocycles. The number of carbonyl (C=O) groups is 1. The van der Waals surface area contributed by atoms with Crippen molar-refractivity contribution in [3.8, 4) is 0 Å². The summed E-state index contributed by atoms with van der Waals surface area (Å²) in [6, 6.07) is 0. The molecule has 2 rings (SSSR count). The first-order valence-electron chi connectivity index (χ1n) is 3.37. The Balaban J connectivity index is 2.53. The molecule has 1 N–H and O–H groups in total. The van der Waals surface area contributed by atoms with E-state index < -0.39 is 5.97 Å². The van der Waals surface area contributed by atoms with Crippen LogP contribution in [-0.2, 0) is 4.79 Å². The summed E-state index contributed by atoms with van der Waals surface area (Å²) in [7, 11) is 0. The molecule has 5 nitrogen and oxygen atoms in total. The maximum Gasteiger partial charge on any atom is 0.358 e. The van der Waals surface area contributed by atoms with Gasteiger partial charge < -0.3 is 5.11 Å². The monoisotopic (exact) mass is 163 g/mol. The highest BCUT2D eigenvalue weighted by Gasteiger charge is 2.22. The Morgan fingerprint density at radius 3 is 3.17 bits per heavy atom. The van der Waals surface area contributed by atoms with Crippen molar-refractivity contribution in [2.45, 2.75) is 0 Å². The first-order chi connectivity index (χ1) is 5.79. The summed E-state index contributed by atoms with van der Waals surface area (Å²) in [5, 5.41) is 15.9. The van der Waals surface area contributed by atoms with Crippen LogP contribution in [0.4, 0.5) is 0 Å². The fourth-order valence-corrected chi connectivity index (χ4v) is 1.08. The Labute approximate surface area is 67.8 Å². The van der Waals surface area contributed by atoms with E-state index in [9.17, 15) is 4.79 Å². The second-order valence-corrected chi connectivity index (χ2v) is 2.37. The second kappa shape index (κ2) is 2.37. The van der Waals surface area contributed by atoms with Crippen LogP contribution < -0.4 is 0 Å². The number of carboxylic acid groups (broad SMARTS) is 1. The maximum atomic E-state index is 10.6. The second-order valence-electron chi connectivity index (χ2n) is 2.37. The Morgan fingerprint density at radius 2 is 2.42 bits per heavy atom. The lowest BCUT2D eigenvalue weighted by Gasteiger charge is -2.06. The highest BCUT2D eigenvalue weighted by Crippen LogP contribution is 2.25. The van der Waals surface area contributed by atoms with Gasteiger partial charge in [-0.2, -0.15) is 5.11 Å². The minimum Gasteiger partial charge on any atom is -0.476 e. The average Bonchev–Trinajstić information content (AvgIpc) is 2.49. The third kappa shape index (κ3) is 0.868. The van der Waals surface area contributed by atoms with Gasteiger partial charge in [0.1, 0.15) is 5.70 Å². The topological polar surface area (TPSA) is 74.4 Å². The van der Waals surface area contributed by atoms with Gasteiger partial charge in [0.2, 0.25) is 0 Å². The third-order valence-electron chi connectivity index (χ3n) is 1.62. The molecule has 60 valence electrons. The van der Waals surface area contributed by atoms with Gasteiger partial charge in [0.25, 0.3) is 0 Å². The molecule has 5 heteroatoms. The van der Waals surface area contributed by atoms with Crippen LogP contribution in [0.1, 0.15) is 0 Å². The molecule has 0 bridgehead atoms. The lowest BCUT2D eigenvalue weighted by atomic mass is 10.1. The molecule has 0 fully saturated rings. The first-order valence-corrected chi connectivity index (χ1v) is 3.37. The van der Waals surface area contributed by atoms with Gasteiger partial charge in [-0.05, 0) is 6.08 Å². The van der Waals surface area contributed by atoms with Gasteiger partial charge in [-0.3, -0.25) is 4.99 Å². The zero-order valence-electron chi connectivity index (χ0n) is 6.06. The number of aliphatic imine (C=N–C) groups is 1. The van der Waals surface area contributed by atoms with Crippen LogP contribution in [0, 0.1) is 0 Å². The van der Waals surface area contributed by atoms with E-state index in [1.807, 2.05) is 0 Å². The van der Waals surface area contributed by atoms with E-state index in [1.54, 1.807) is 12.3 Å². The van der Waals surface area contributed by atoms with E-state index in [1.165, 1.54) is 0 Å². The summed E-state index contributed by atoms with van der Waals surface area (Å²) in [5.41, 5.74) is 1.20. The molecule has 2 aliphatic rings. The van der Waals surface area contributed by atoms with Crippen molar-refractivity contribution in [2.24, 2.45) is 15.2 Å². The number of hydrogen-bond acceptors (Lipinski definition) is 4. The number of aliphatic carboxylic acids is 1. The van der Waals surface area contributed by atoms with E-state index in [4.69, 9.17) is 5.11 Å². The van der Waals surface area contributed by atoms with Crippen LogP contribution in [-0.4, -0.2) is 23.8 Å². The molecule has 0 aliphatic carbocycles. The Morgan fingerprint density at radius 1 is 1.58 bits per heavy atom. The number of rotatable bonds is 1. The SMILES string of the molecule is O=C(O)C1=C2N=CC=C2CN=N1. The van der Waals surface area contributed by atoms with Crippen molar-refractivity contribution in [2.75, 3.05) is 6.54 Å². The zero-order chi connectivity index (χ0) is 8.55. The quantitative estimate of drug-likeness (QED) is 0.619. The number of fused-ring (bicyclic) bond motifs is 1. The van der Waals surface area contributed by atoms with E-state index in [-0.39, 0.29) is 5.70 Å². The van der Waals surface area contributed by atoms with E-state index >= 15 is 0 Å². The molecule has 0 aromatic rings. The number of hydrogen-bond donors (Lipinski definition) is 1. The van der Waals surface area contributed by atoms with Gasteiger partial charge >= 0.3 is 5.97 Å². The molecule has 2 aliphatic heterocycles. The molecule has 0 aromatic heterocycles. The van der Waals surface area contributed by atoms with Gasteiger partial charge in [0.05, 0.1) is 6.54 Å². The van der Waals surface area contributed by atoms with Crippen molar-refractivity contribution >= 4 is 12.2 Å². The van der Waals surface area contributed by atoms with Crippen molar-refractivity contribution in [1.29, 1.82) is 0 Å². The van der Waals surface area contributed by atoms with Crippen molar-refractivity contribution in [3.05, 3.63) is 23.0 Å². The normalized spacial score (nSPS) is 19.5. The highest BCUT2D eigenvalue weighted by molar-refractivity contribution is 5.91. The number of allylic oxidation sites excluding steroid dienone is 1. The Hall–Kier alpha value is -1.78. The zero-order valence-corrected chi connectivity index (χ0v) is 6.06. The lowest BCUT2D eigenvalue weighted by Crippen LogP contribution is -2.06. The van der Waals surface area contributed by atoms with Crippen molar-refractivity contribution < 1.29 is 9.90 Å². The van der Waals surface area contributed by atoms with Crippen LogP contribution >= 0.6 is 0 Å². The number of nitrogens with zero attached hydrogens (tertiary/aromatic N) is 3. The third-order valence-corrected chi connectivity index (χ3v) is 1.62. The molecule has 2 heterocycles. The number of azo groups is 1. The molecule has 0 saturated carbocycles. The fraction of sp³-hybridized carbons (Fsp3) is 0.143. The lowest BCUT2D eigenvalue weighted by molar-refractivity contribution is -0.132. The minimum atomic E-state index is -1.08. The molecule has 0 radical (unpaired) electrons. The predicted molar refractivity (Wildman–Crippen MR) is 41.0 cm³/mol. The summed E-state index contributed by atoms with van der Waals surface area (Å²) >= 11 is 0. The van der Waals surface area contributed by atoms with Crippen LogP contribution in [0.15, 0.2) is 38.3 Å². The average molecular weight is 163 g/mol. The van der Waals surface area contributed by atoms with Crippen molar-refractivity contribution in [1.82, 2.24) is 0 Å². The van der Waals surface area contributed by atoms with E-state index in [2.05, 4.69) is 15.2 Å². The predicted octanol–water partition coefficient (Wildman–Crippen LogP) is 0.759. The van der Waals surface area contributed by atoms with Gasteiger partial charge in [-0.25, -0.2) is 4.79 Å². The smallest absolute Gasteiger partial charge is 0.358 e. The van der Waals surface area contributed by atoms with Crippen LogP contribution in [0.25, 0.3) is 0 Å². The molecular weight excluding hydrogens is 158 g/mol. The standard InChI is InChI=1S/C7H5N3O2/c11-7(12)6-5-4(1-2-8-5)3-9-10-6/h1-2H,3H2,(H,11,12). The summed E-state index contributed by atoms with van der Waals surface area (Å²) in [5.74, 6) is -1.08. The van der Waals surface area contributed by atoms with Crippen LogP contribution in [0.2, 0.25) is 0 Å². The number of carboxylic acids is 1. The molecular formula is C7H5N3O2. The minimum absolute atomic E-state index is 0.0683. The van der Waals surface area contributed by atoms with Gasteiger partial charge in [0.15, 0.2) is 5.70 Å². The maximum absolute atomic E-state index is 10.6. The molecule has 0 aromatic carbocycles. The summed E-state index contributed by atoms with van der Waals surface area (Å²) < 4.78 is 0. The molecule has 0 amide bonds. The summed E-state index contributed by atoms with van der Waals surface area (Å²) in [6.07, 6.45) is 3.31. The Kier molecular flexibility index (Phi) is 1.36. The largest absolute Gasteiger partial charge is 0.476 e. The van der Waals surface area contributed by atoms with Gasteiger partial charge in [-0.15, -0.1) is 5.11 Å².